The van der Waals surface area contributed by atoms with E-state index in [1.165, 1.54) is 64.2 Å². The van der Waals surface area contributed by atoms with Gasteiger partial charge in [0.15, 0.2) is 6.10 Å². The number of hydrogen-bond donors (Lipinski definition) is 6. The van der Waals surface area contributed by atoms with Crippen molar-refractivity contribution in [1.29, 1.82) is 0 Å². The van der Waals surface area contributed by atoms with Gasteiger partial charge >= 0.3 is 19.8 Å². The molecule has 1 fully saturated rings. The minimum Gasteiger partial charge on any atom is -0.462 e. The number of phosphoric ester groups is 1. The lowest BCUT2D eigenvalue weighted by Gasteiger charge is -2.41. The molecule has 1 aliphatic rings. The number of aliphatic hydroxyl groups is 5. The minimum absolute atomic E-state index is 0.0900. The van der Waals surface area contributed by atoms with Crippen molar-refractivity contribution in [2.24, 2.45) is 0 Å². The van der Waals surface area contributed by atoms with Crippen LogP contribution < -0.4 is 0 Å². The maximum atomic E-state index is 12.8. The Morgan fingerprint density at radius 1 is 0.554 bits per heavy atom. The number of allylic oxidation sites excluding steroid dienone is 4. The molecule has 0 amide bonds. The van der Waals surface area contributed by atoms with E-state index in [2.05, 4.69) is 38.2 Å². The van der Waals surface area contributed by atoms with Gasteiger partial charge in [0, 0.05) is 12.8 Å². The number of carbonyl (C=O) groups excluding carboxylic acids is 2. The first-order valence-corrected chi connectivity index (χ1v) is 23.1. The summed E-state index contributed by atoms with van der Waals surface area (Å²) in [6.07, 6.45) is 21.1. The Bertz CT molecular complexity index is 1090. The Balaban J connectivity index is 2.46. The molecule has 1 saturated carbocycles. The molecule has 0 saturated heterocycles. The molecule has 0 spiro atoms. The highest BCUT2D eigenvalue weighted by Crippen LogP contribution is 2.47. The summed E-state index contributed by atoms with van der Waals surface area (Å²) in [7, 11) is -5.11. The van der Waals surface area contributed by atoms with E-state index in [0.29, 0.717) is 12.8 Å². The monoisotopic (exact) mass is 821 g/mol. The van der Waals surface area contributed by atoms with Crippen molar-refractivity contribution in [2.45, 2.75) is 217 Å². The topological polar surface area (TPSA) is 210 Å². The van der Waals surface area contributed by atoms with Crippen LogP contribution in [-0.2, 0) is 32.7 Å². The molecule has 13 nitrogen and oxygen atoms in total. The van der Waals surface area contributed by atoms with Crippen LogP contribution in [0.2, 0.25) is 0 Å². The lowest BCUT2D eigenvalue weighted by molar-refractivity contribution is -0.220. The van der Waals surface area contributed by atoms with Crippen molar-refractivity contribution < 1.29 is 63.1 Å². The van der Waals surface area contributed by atoms with Gasteiger partial charge in [-0.2, -0.15) is 0 Å². The van der Waals surface area contributed by atoms with Crippen LogP contribution in [0.15, 0.2) is 24.3 Å². The fourth-order valence-corrected chi connectivity index (χ4v) is 7.47. The van der Waals surface area contributed by atoms with Crippen LogP contribution in [0.4, 0.5) is 0 Å². The highest BCUT2D eigenvalue weighted by Gasteiger charge is 2.51. The number of carbonyl (C=O) groups is 2. The SMILES string of the molecule is CCCCCC/C=C\C/C=C\CCCCCCCCCC(=O)OC(COC(=O)CCCCCCCCCCC)COP(=O)(O)OC1C(O)C(O)C(O)C(O)C1O. The highest BCUT2D eigenvalue weighted by atomic mass is 31.2. The molecule has 14 heteroatoms. The van der Waals surface area contributed by atoms with Crippen molar-refractivity contribution in [3.63, 3.8) is 0 Å². The number of phosphoric acid groups is 1. The zero-order chi connectivity index (χ0) is 41.4. The van der Waals surface area contributed by atoms with Crippen LogP contribution in [0, 0.1) is 0 Å². The summed E-state index contributed by atoms with van der Waals surface area (Å²) in [6.45, 7) is 3.24. The highest BCUT2D eigenvalue weighted by molar-refractivity contribution is 7.47. The zero-order valence-corrected chi connectivity index (χ0v) is 35.3. The van der Waals surface area contributed by atoms with E-state index in [9.17, 15) is 44.6 Å². The van der Waals surface area contributed by atoms with Crippen LogP contribution >= 0.6 is 7.82 Å². The van der Waals surface area contributed by atoms with Gasteiger partial charge in [0.2, 0.25) is 0 Å². The Kier molecular flexibility index (Phi) is 31.0. The summed E-state index contributed by atoms with van der Waals surface area (Å²) in [5.41, 5.74) is 0. The molecule has 6 N–H and O–H groups in total. The van der Waals surface area contributed by atoms with Crippen molar-refractivity contribution >= 4 is 19.8 Å². The molecule has 0 bridgehead atoms. The van der Waals surface area contributed by atoms with Crippen LogP contribution in [0.5, 0.6) is 0 Å². The largest absolute Gasteiger partial charge is 0.472 e. The number of aliphatic hydroxyl groups excluding tert-OH is 5. The molecule has 0 heterocycles. The average molecular weight is 821 g/mol. The van der Waals surface area contributed by atoms with E-state index < -0.39 is 75.7 Å². The minimum atomic E-state index is -5.11. The molecule has 0 aromatic heterocycles. The zero-order valence-electron chi connectivity index (χ0n) is 34.4. The summed E-state index contributed by atoms with van der Waals surface area (Å²) in [5.74, 6) is -1.11. The van der Waals surface area contributed by atoms with Gasteiger partial charge in [0.1, 0.15) is 43.2 Å². The lowest BCUT2D eigenvalue weighted by Crippen LogP contribution is -2.64. The molecule has 0 aliphatic heterocycles. The third-order valence-corrected chi connectivity index (χ3v) is 11.0. The van der Waals surface area contributed by atoms with Crippen molar-refractivity contribution in [3.8, 4) is 0 Å². The van der Waals surface area contributed by atoms with E-state index in [1.54, 1.807) is 0 Å². The first kappa shape index (κ1) is 52.3. The smallest absolute Gasteiger partial charge is 0.462 e. The number of unbranched alkanes of at least 4 members (excludes halogenated alkanes) is 19. The number of esters is 2. The fraction of sp³-hybridized carbons (Fsp3) is 0.857. The van der Waals surface area contributed by atoms with Gasteiger partial charge in [-0.1, -0.05) is 141 Å². The second-order valence-electron chi connectivity index (χ2n) is 15.2. The molecule has 0 radical (unpaired) electrons. The predicted octanol–water partition coefficient (Wildman–Crippen LogP) is 7.67. The number of ether oxygens (including phenoxy) is 2. The molecule has 0 aromatic rings. The molecule has 56 heavy (non-hydrogen) atoms. The molecule has 1 rings (SSSR count). The Labute approximate surface area is 336 Å². The van der Waals surface area contributed by atoms with Gasteiger partial charge < -0.3 is 39.9 Å². The first-order valence-electron chi connectivity index (χ1n) is 21.6. The Morgan fingerprint density at radius 2 is 0.964 bits per heavy atom. The van der Waals surface area contributed by atoms with Crippen molar-refractivity contribution in [2.75, 3.05) is 13.2 Å². The fourth-order valence-electron chi connectivity index (χ4n) is 6.49. The maximum Gasteiger partial charge on any atom is 0.472 e. The summed E-state index contributed by atoms with van der Waals surface area (Å²) in [6, 6.07) is 0. The molecule has 1 aliphatic carbocycles. The quantitative estimate of drug-likeness (QED) is 0.0157. The summed E-state index contributed by atoms with van der Waals surface area (Å²) in [4.78, 5) is 35.5. The lowest BCUT2D eigenvalue weighted by atomic mass is 9.85. The molecular formula is C42H77O13P. The predicted molar refractivity (Wildman–Crippen MR) is 217 cm³/mol. The molecule has 0 aromatic carbocycles. The summed E-state index contributed by atoms with van der Waals surface area (Å²) in [5, 5.41) is 50.0. The maximum absolute atomic E-state index is 12.8. The molecular weight excluding hydrogens is 743 g/mol. The van der Waals surface area contributed by atoms with Gasteiger partial charge in [-0.25, -0.2) is 4.57 Å². The number of rotatable bonds is 35. The second kappa shape index (κ2) is 33.2. The van der Waals surface area contributed by atoms with Gasteiger partial charge in [0.05, 0.1) is 6.61 Å². The molecule has 328 valence electrons. The third-order valence-electron chi connectivity index (χ3n) is 10.0. The third kappa shape index (κ3) is 25.6. The first-order chi connectivity index (χ1) is 26.9. The van der Waals surface area contributed by atoms with E-state index in [0.717, 1.165) is 70.6 Å². The van der Waals surface area contributed by atoms with Crippen LogP contribution in [0.3, 0.4) is 0 Å². The van der Waals surface area contributed by atoms with Crippen molar-refractivity contribution in [1.82, 2.24) is 0 Å². The normalized spacial score (nSPS) is 23.1. The Hall–Kier alpha value is -1.67. The van der Waals surface area contributed by atoms with Crippen LogP contribution in [-0.4, -0.2) is 98.3 Å². The van der Waals surface area contributed by atoms with Crippen LogP contribution in [0.25, 0.3) is 0 Å². The molecule has 6 atom stereocenters. The summed E-state index contributed by atoms with van der Waals surface area (Å²) >= 11 is 0. The molecule has 6 unspecified atom stereocenters. The van der Waals surface area contributed by atoms with Crippen molar-refractivity contribution in [3.05, 3.63) is 24.3 Å². The summed E-state index contributed by atoms with van der Waals surface area (Å²) < 4.78 is 33.4. The van der Waals surface area contributed by atoms with E-state index in [4.69, 9.17) is 18.5 Å². The van der Waals surface area contributed by atoms with E-state index in [-0.39, 0.29) is 12.8 Å². The van der Waals surface area contributed by atoms with Gasteiger partial charge in [-0.05, 0) is 44.9 Å². The van der Waals surface area contributed by atoms with E-state index >= 15 is 0 Å². The average Bonchev–Trinajstić information content (AvgIpc) is 3.18. The Morgan fingerprint density at radius 3 is 1.46 bits per heavy atom. The van der Waals surface area contributed by atoms with Gasteiger partial charge in [-0.3, -0.25) is 18.6 Å². The van der Waals surface area contributed by atoms with Gasteiger partial charge in [-0.15, -0.1) is 0 Å². The number of hydrogen-bond acceptors (Lipinski definition) is 12. The second-order valence-corrected chi connectivity index (χ2v) is 16.6. The van der Waals surface area contributed by atoms with E-state index in [1.807, 2.05) is 0 Å². The van der Waals surface area contributed by atoms with Gasteiger partial charge in [0.25, 0.3) is 0 Å². The van der Waals surface area contributed by atoms with Crippen LogP contribution in [0.1, 0.15) is 174 Å². The standard InChI is InChI=1S/C42H77O13P/c1-3-5-7-9-11-13-14-15-16-17-18-19-20-21-23-25-27-29-31-36(44)54-34(32-52-35(43)30-28-26-24-22-12-10-8-6-4-2)33-53-56(50,51)55-42-40(48)38(46)37(45)39(47)41(42)49/h13-14,16-17,34,37-42,45-49H,3-12,15,18-33H2,1-2H3,(H,50,51)/b14-13-,17-16-.